The zero-order chi connectivity index (χ0) is 38.2. The summed E-state index contributed by atoms with van der Waals surface area (Å²) in [7, 11) is 0. The van der Waals surface area contributed by atoms with Gasteiger partial charge in [0.25, 0.3) is 0 Å². The van der Waals surface area contributed by atoms with Crippen LogP contribution in [0.3, 0.4) is 0 Å². The van der Waals surface area contributed by atoms with E-state index in [9.17, 15) is 0 Å². The Kier molecular flexibility index (Phi) is 7.14. The smallest absolute Gasteiger partial charge is 0.152 e. The van der Waals surface area contributed by atoms with Gasteiger partial charge in [-0.05, 0) is 105 Å². The van der Waals surface area contributed by atoms with Crippen molar-refractivity contribution in [1.29, 1.82) is 0 Å². The largest absolute Gasteiger partial charge is 0.453 e. The van der Waals surface area contributed by atoms with Crippen molar-refractivity contribution >= 4 is 38.9 Å². The van der Waals surface area contributed by atoms with Crippen LogP contribution in [0, 0.1) is 0 Å². The Morgan fingerprint density at radius 2 is 0.931 bits per heavy atom. The van der Waals surface area contributed by atoms with Gasteiger partial charge in [-0.1, -0.05) is 158 Å². The van der Waals surface area contributed by atoms with Crippen LogP contribution in [0.1, 0.15) is 22.3 Å². The van der Waals surface area contributed by atoms with E-state index in [1.807, 2.05) is 12.1 Å². The number of hydrogen-bond donors (Lipinski definition) is 0. The second kappa shape index (κ2) is 12.7. The van der Waals surface area contributed by atoms with E-state index in [-0.39, 0.29) is 0 Å². The first-order valence-corrected chi connectivity index (χ1v) is 19.9. The van der Waals surface area contributed by atoms with Crippen molar-refractivity contribution in [2.75, 3.05) is 4.90 Å². The van der Waals surface area contributed by atoms with Crippen molar-refractivity contribution in [1.82, 2.24) is 4.57 Å². The van der Waals surface area contributed by atoms with E-state index >= 15 is 0 Å². The topological polar surface area (TPSA) is 17.4 Å². The number of rotatable bonds is 6. The van der Waals surface area contributed by atoms with Gasteiger partial charge in [-0.25, -0.2) is 0 Å². The first-order valence-electron chi connectivity index (χ1n) is 19.9. The maximum atomic E-state index is 6.42. The molecule has 0 unspecified atom stereocenters. The van der Waals surface area contributed by atoms with Gasteiger partial charge in [0, 0.05) is 27.8 Å². The van der Waals surface area contributed by atoms with Crippen molar-refractivity contribution in [3.8, 4) is 39.4 Å². The van der Waals surface area contributed by atoms with E-state index in [1.165, 1.54) is 60.8 Å². The van der Waals surface area contributed by atoms with E-state index in [2.05, 4.69) is 216 Å². The average molecular weight is 741 g/mol. The van der Waals surface area contributed by atoms with Crippen LogP contribution < -0.4 is 9.64 Å². The molecule has 1 aliphatic heterocycles. The molecule has 10 aromatic rings. The molecule has 1 aliphatic carbocycles. The van der Waals surface area contributed by atoms with Crippen LogP contribution in [-0.4, -0.2) is 4.57 Å². The Balaban J connectivity index is 0.983. The number of nitrogens with zero attached hydrogens (tertiary/aromatic N) is 2. The number of para-hydroxylation sites is 4. The maximum absolute atomic E-state index is 6.42. The zero-order valence-corrected chi connectivity index (χ0v) is 31.6. The quantitative estimate of drug-likeness (QED) is 0.169. The summed E-state index contributed by atoms with van der Waals surface area (Å²) in [6.45, 7) is 0. The Bertz CT molecular complexity index is 3140. The standard InChI is InChI=1S/C55H36N2O/c1-3-15-38(16-4-1)55(47-23-9-7-19-44(47)45-20-8-10-24-48(45)55)39-31-35-42(36-32-39)56(40-17-5-2-6-18-40)41-33-29-37(30-34-41)43-21-13-26-50-53(43)46-22-14-28-52-54(46)57(50)49-25-11-12-27-51(49)58-52/h1-36H. The number of benzene rings is 9. The molecule has 0 radical (unpaired) electrons. The Morgan fingerprint density at radius 3 is 1.66 bits per heavy atom. The monoisotopic (exact) mass is 740 g/mol. The molecule has 9 aromatic carbocycles. The zero-order valence-electron chi connectivity index (χ0n) is 31.6. The lowest BCUT2D eigenvalue weighted by molar-refractivity contribution is 0.476. The number of aromatic nitrogens is 1. The lowest BCUT2D eigenvalue weighted by Crippen LogP contribution is -2.28. The van der Waals surface area contributed by atoms with Gasteiger partial charge in [0.05, 0.1) is 22.1 Å². The summed E-state index contributed by atoms with van der Waals surface area (Å²) >= 11 is 0. The average Bonchev–Trinajstić information content (AvgIpc) is 3.80. The van der Waals surface area contributed by atoms with Crippen LogP contribution in [-0.2, 0) is 5.41 Å². The third-order valence-electron chi connectivity index (χ3n) is 12.3. The van der Waals surface area contributed by atoms with Gasteiger partial charge in [0.2, 0.25) is 0 Å². The van der Waals surface area contributed by atoms with Gasteiger partial charge in [-0.15, -0.1) is 0 Å². The highest BCUT2D eigenvalue weighted by Gasteiger charge is 2.45. The number of anilines is 3. The molecule has 0 fully saturated rings. The third kappa shape index (κ3) is 4.62. The number of ether oxygens (including phenoxy) is 1. The first-order chi connectivity index (χ1) is 28.8. The summed E-state index contributed by atoms with van der Waals surface area (Å²) in [5.41, 5.74) is 16.3. The fraction of sp³-hybridized carbons (Fsp3) is 0.0182. The van der Waals surface area contributed by atoms with Crippen LogP contribution in [0.25, 0.3) is 49.7 Å². The second-order valence-corrected chi connectivity index (χ2v) is 15.2. The molecule has 0 saturated heterocycles. The molecule has 12 rings (SSSR count). The molecule has 3 heteroatoms. The molecule has 0 bridgehead atoms. The van der Waals surface area contributed by atoms with Crippen molar-refractivity contribution in [3.05, 3.63) is 241 Å². The van der Waals surface area contributed by atoms with Crippen LogP contribution in [0.4, 0.5) is 17.1 Å². The minimum atomic E-state index is -0.440. The number of fused-ring (bicyclic) bond motifs is 8. The Hall–Kier alpha value is -7.62. The van der Waals surface area contributed by atoms with E-state index < -0.39 is 5.41 Å². The molecule has 2 heterocycles. The summed E-state index contributed by atoms with van der Waals surface area (Å²) in [4.78, 5) is 2.36. The highest BCUT2D eigenvalue weighted by atomic mass is 16.5. The molecule has 0 atom stereocenters. The fourth-order valence-electron chi connectivity index (χ4n) is 9.89. The fourth-order valence-corrected chi connectivity index (χ4v) is 9.89. The van der Waals surface area contributed by atoms with Crippen molar-refractivity contribution in [2.45, 2.75) is 5.41 Å². The summed E-state index contributed by atoms with van der Waals surface area (Å²) < 4.78 is 8.78. The molecular weight excluding hydrogens is 705 g/mol. The Morgan fingerprint density at radius 1 is 0.397 bits per heavy atom. The lowest BCUT2D eigenvalue weighted by Gasteiger charge is -2.34. The lowest BCUT2D eigenvalue weighted by atomic mass is 9.68. The van der Waals surface area contributed by atoms with Crippen LogP contribution in [0.2, 0.25) is 0 Å². The van der Waals surface area contributed by atoms with E-state index in [4.69, 9.17) is 4.74 Å². The molecular formula is C55H36N2O. The molecule has 1 aromatic heterocycles. The van der Waals surface area contributed by atoms with E-state index in [0.717, 1.165) is 39.8 Å². The molecule has 0 N–H and O–H groups in total. The molecule has 0 saturated carbocycles. The van der Waals surface area contributed by atoms with Gasteiger partial charge >= 0.3 is 0 Å². The Labute approximate surface area is 337 Å². The summed E-state index contributed by atoms with van der Waals surface area (Å²) in [6.07, 6.45) is 0. The second-order valence-electron chi connectivity index (χ2n) is 15.2. The van der Waals surface area contributed by atoms with Crippen molar-refractivity contribution in [3.63, 3.8) is 0 Å². The highest BCUT2D eigenvalue weighted by Crippen LogP contribution is 2.56. The molecule has 0 spiro atoms. The molecule has 3 nitrogen and oxygen atoms in total. The van der Waals surface area contributed by atoms with E-state index in [0.29, 0.717) is 0 Å². The highest BCUT2D eigenvalue weighted by molar-refractivity contribution is 6.17. The summed E-state index contributed by atoms with van der Waals surface area (Å²) in [6, 6.07) is 79.1. The van der Waals surface area contributed by atoms with Crippen molar-refractivity contribution in [2.24, 2.45) is 0 Å². The van der Waals surface area contributed by atoms with Crippen LogP contribution in [0.15, 0.2) is 218 Å². The predicted octanol–water partition coefficient (Wildman–Crippen LogP) is 14.4. The molecule has 2 aliphatic rings. The molecule has 272 valence electrons. The van der Waals surface area contributed by atoms with E-state index in [1.54, 1.807) is 0 Å². The van der Waals surface area contributed by atoms with Gasteiger partial charge in [-0.2, -0.15) is 0 Å². The maximum Gasteiger partial charge on any atom is 0.152 e. The minimum absolute atomic E-state index is 0.440. The number of hydrogen-bond acceptors (Lipinski definition) is 2. The molecule has 0 amide bonds. The van der Waals surface area contributed by atoms with Crippen LogP contribution >= 0.6 is 0 Å². The van der Waals surface area contributed by atoms with Crippen molar-refractivity contribution < 1.29 is 4.74 Å². The predicted molar refractivity (Wildman–Crippen MR) is 238 cm³/mol. The van der Waals surface area contributed by atoms with Gasteiger partial charge in [0.15, 0.2) is 11.5 Å². The summed E-state index contributed by atoms with van der Waals surface area (Å²) in [5, 5.41) is 2.42. The van der Waals surface area contributed by atoms with Gasteiger partial charge in [-0.3, -0.25) is 0 Å². The third-order valence-corrected chi connectivity index (χ3v) is 12.3. The van der Waals surface area contributed by atoms with Gasteiger partial charge < -0.3 is 14.2 Å². The first kappa shape index (κ1) is 32.6. The summed E-state index contributed by atoms with van der Waals surface area (Å²) in [5.74, 6) is 1.76. The van der Waals surface area contributed by atoms with Crippen LogP contribution in [0.5, 0.6) is 11.5 Å². The van der Waals surface area contributed by atoms with Gasteiger partial charge in [0.1, 0.15) is 0 Å². The SMILES string of the molecule is c1ccc(N(c2ccc(-c3cccc4c3c3cccc5c3n4-c3ccccc3O5)cc2)c2ccc(C3(c4ccccc4)c4ccccc4-c4ccccc43)cc2)cc1. The minimum Gasteiger partial charge on any atom is -0.453 e. The molecule has 58 heavy (non-hydrogen) atoms. The normalized spacial score (nSPS) is 13.1.